The highest BCUT2D eigenvalue weighted by Gasteiger charge is 2.27. The van der Waals surface area contributed by atoms with Crippen molar-refractivity contribution in [1.82, 2.24) is 5.32 Å². The zero-order valence-electron chi connectivity index (χ0n) is 11.0. The molecule has 0 spiro atoms. The van der Waals surface area contributed by atoms with Crippen LogP contribution in [-0.2, 0) is 4.74 Å². The van der Waals surface area contributed by atoms with Gasteiger partial charge in [0.2, 0.25) is 0 Å². The van der Waals surface area contributed by atoms with Crippen LogP contribution in [0.1, 0.15) is 52.9 Å². The molecule has 1 fully saturated rings. The van der Waals surface area contributed by atoms with E-state index < -0.39 is 5.60 Å². The van der Waals surface area contributed by atoms with Gasteiger partial charge in [0.1, 0.15) is 5.60 Å². The predicted octanol–water partition coefficient (Wildman–Crippen LogP) is 2.98. The van der Waals surface area contributed by atoms with Crippen molar-refractivity contribution in [2.24, 2.45) is 5.92 Å². The van der Waals surface area contributed by atoms with E-state index in [9.17, 15) is 4.79 Å². The number of amides is 1. The highest BCUT2D eigenvalue weighted by molar-refractivity contribution is 5.68. The summed E-state index contributed by atoms with van der Waals surface area (Å²) in [5.74, 6) is 0.279. The standard InChI is InChI=1S/C13H22N2O2/c1-13(2,3)17-12(16)15-11-7-5-4-6-10(11)8-9-14/h10-11H,4-8H2,1-3H3,(H,15,16)/t10-,11?/m1/s1. The topological polar surface area (TPSA) is 62.1 Å². The highest BCUT2D eigenvalue weighted by Crippen LogP contribution is 2.27. The molecule has 1 aliphatic carbocycles. The van der Waals surface area contributed by atoms with Crippen LogP contribution in [0.3, 0.4) is 0 Å². The maximum absolute atomic E-state index is 11.7. The zero-order valence-corrected chi connectivity index (χ0v) is 11.0. The van der Waals surface area contributed by atoms with Crippen LogP contribution in [0.25, 0.3) is 0 Å². The number of hydrogen-bond acceptors (Lipinski definition) is 3. The number of alkyl carbamates (subject to hydrolysis) is 1. The molecule has 4 heteroatoms. The first-order valence-electron chi connectivity index (χ1n) is 6.29. The number of carbonyl (C=O) groups is 1. The Hall–Kier alpha value is -1.24. The van der Waals surface area contributed by atoms with Crippen molar-refractivity contribution in [3.63, 3.8) is 0 Å². The molecule has 1 unspecified atom stereocenters. The fourth-order valence-electron chi connectivity index (χ4n) is 2.22. The third-order valence-electron chi connectivity index (χ3n) is 2.96. The largest absolute Gasteiger partial charge is 0.444 e. The second-order valence-electron chi connectivity index (χ2n) is 5.66. The van der Waals surface area contributed by atoms with Gasteiger partial charge in [0, 0.05) is 12.5 Å². The van der Waals surface area contributed by atoms with Gasteiger partial charge in [0.05, 0.1) is 6.07 Å². The van der Waals surface area contributed by atoms with Gasteiger partial charge in [0.15, 0.2) is 0 Å². The summed E-state index contributed by atoms with van der Waals surface area (Å²) in [6, 6.07) is 2.29. The van der Waals surface area contributed by atoms with Gasteiger partial charge in [-0.1, -0.05) is 12.8 Å². The Kier molecular flexibility index (Phi) is 4.80. The van der Waals surface area contributed by atoms with Gasteiger partial charge in [0.25, 0.3) is 0 Å². The van der Waals surface area contributed by atoms with Gasteiger partial charge >= 0.3 is 6.09 Å². The van der Waals surface area contributed by atoms with Gasteiger partial charge in [-0.25, -0.2) is 4.79 Å². The zero-order chi connectivity index (χ0) is 12.9. The SMILES string of the molecule is CC(C)(C)OC(=O)NC1CCCC[C@@H]1CC#N. The van der Waals surface area contributed by atoms with Crippen LogP contribution in [0.2, 0.25) is 0 Å². The summed E-state index contributed by atoms with van der Waals surface area (Å²) in [5.41, 5.74) is -0.469. The van der Waals surface area contributed by atoms with Crippen molar-refractivity contribution < 1.29 is 9.53 Å². The van der Waals surface area contributed by atoms with E-state index in [1.54, 1.807) is 0 Å². The normalized spacial score (nSPS) is 24.8. The molecule has 1 rings (SSSR count). The average Bonchev–Trinajstić information content (AvgIpc) is 2.18. The third-order valence-corrected chi connectivity index (χ3v) is 2.96. The van der Waals surface area contributed by atoms with E-state index in [0.29, 0.717) is 6.42 Å². The summed E-state index contributed by atoms with van der Waals surface area (Å²) < 4.78 is 5.23. The lowest BCUT2D eigenvalue weighted by atomic mass is 9.83. The van der Waals surface area contributed by atoms with Gasteiger partial charge in [-0.15, -0.1) is 0 Å². The number of carbonyl (C=O) groups excluding carboxylic acids is 1. The van der Waals surface area contributed by atoms with Crippen molar-refractivity contribution in [2.75, 3.05) is 0 Å². The molecule has 2 atom stereocenters. The van der Waals surface area contributed by atoms with E-state index in [2.05, 4.69) is 11.4 Å². The lowest BCUT2D eigenvalue weighted by molar-refractivity contribution is 0.0470. The smallest absolute Gasteiger partial charge is 0.407 e. The summed E-state index contributed by atoms with van der Waals surface area (Å²) in [4.78, 5) is 11.7. The summed E-state index contributed by atoms with van der Waals surface area (Å²) in [6.07, 6.45) is 4.38. The molecule has 0 aliphatic heterocycles. The first-order valence-corrected chi connectivity index (χ1v) is 6.29. The molecule has 1 N–H and O–H groups in total. The molecule has 0 bridgehead atoms. The van der Waals surface area contributed by atoms with Crippen molar-refractivity contribution in [3.05, 3.63) is 0 Å². The minimum Gasteiger partial charge on any atom is -0.444 e. The van der Waals surface area contributed by atoms with Crippen LogP contribution in [0.5, 0.6) is 0 Å². The molecule has 0 heterocycles. The van der Waals surface area contributed by atoms with E-state index in [0.717, 1.165) is 25.7 Å². The lowest BCUT2D eigenvalue weighted by Crippen LogP contribution is -2.44. The molecular weight excluding hydrogens is 216 g/mol. The predicted molar refractivity (Wildman–Crippen MR) is 65.3 cm³/mol. The fourth-order valence-corrected chi connectivity index (χ4v) is 2.22. The van der Waals surface area contributed by atoms with E-state index >= 15 is 0 Å². The molecule has 4 nitrogen and oxygen atoms in total. The Morgan fingerprint density at radius 2 is 2.06 bits per heavy atom. The van der Waals surface area contributed by atoms with Crippen LogP contribution in [0, 0.1) is 17.2 Å². The van der Waals surface area contributed by atoms with Crippen molar-refractivity contribution in [2.45, 2.75) is 64.5 Å². The fraction of sp³-hybridized carbons (Fsp3) is 0.846. The number of ether oxygens (including phenoxy) is 1. The second kappa shape index (κ2) is 5.90. The molecule has 1 saturated carbocycles. The summed E-state index contributed by atoms with van der Waals surface area (Å²) in [7, 11) is 0. The van der Waals surface area contributed by atoms with Gasteiger partial charge in [-0.2, -0.15) is 5.26 Å². The number of nitrogens with one attached hydrogen (secondary N) is 1. The van der Waals surface area contributed by atoms with Crippen LogP contribution in [0.4, 0.5) is 4.79 Å². The summed E-state index contributed by atoms with van der Waals surface area (Å²) >= 11 is 0. The Morgan fingerprint density at radius 3 is 2.65 bits per heavy atom. The monoisotopic (exact) mass is 238 g/mol. The maximum atomic E-state index is 11.7. The van der Waals surface area contributed by atoms with Crippen LogP contribution in [-0.4, -0.2) is 17.7 Å². The summed E-state index contributed by atoms with van der Waals surface area (Å²) in [5, 5.41) is 11.7. The van der Waals surface area contributed by atoms with Gasteiger partial charge < -0.3 is 10.1 Å². The molecule has 0 saturated heterocycles. The molecule has 17 heavy (non-hydrogen) atoms. The molecule has 0 aromatic carbocycles. The Morgan fingerprint density at radius 1 is 1.41 bits per heavy atom. The van der Waals surface area contributed by atoms with Crippen LogP contribution in [0.15, 0.2) is 0 Å². The number of nitrogens with zero attached hydrogens (tertiary/aromatic N) is 1. The first-order chi connectivity index (χ1) is 7.92. The van der Waals surface area contributed by atoms with Crippen LogP contribution >= 0.6 is 0 Å². The van der Waals surface area contributed by atoms with E-state index in [-0.39, 0.29) is 18.1 Å². The quantitative estimate of drug-likeness (QED) is 0.804. The summed E-state index contributed by atoms with van der Waals surface area (Å²) in [6.45, 7) is 5.54. The van der Waals surface area contributed by atoms with E-state index in [1.807, 2.05) is 20.8 Å². The Balaban J connectivity index is 2.47. The van der Waals surface area contributed by atoms with Crippen LogP contribution < -0.4 is 5.32 Å². The second-order valence-corrected chi connectivity index (χ2v) is 5.66. The van der Waals surface area contributed by atoms with Gasteiger partial charge in [-0.05, 0) is 39.5 Å². The maximum Gasteiger partial charge on any atom is 0.407 e. The molecular formula is C13H22N2O2. The number of hydrogen-bond donors (Lipinski definition) is 1. The van der Waals surface area contributed by atoms with Crippen molar-refractivity contribution in [3.8, 4) is 6.07 Å². The first kappa shape index (κ1) is 13.8. The Labute approximate surface area is 103 Å². The highest BCUT2D eigenvalue weighted by atomic mass is 16.6. The molecule has 0 aromatic rings. The lowest BCUT2D eigenvalue weighted by Gasteiger charge is -2.31. The minimum absolute atomic E-state index is 0.0956. The number of rotatable bonds is 2. The van der Waals surface area contributed by atoms with Crippen molar-refractivity contribution >= 4 is 6.09 Å². The van der Waals surface area contributed by atoms with Crippen molar-refractivity contribution in [1.29, 1.82) is 5.26 Å². The molecule has 0 radical (unpaired) electrons. The molecule has 96 valence electrons. The molecule has 1 amide bonds. The average molecular weight is 238 g/mol. The molecule has 0 aromatic heterocycles. The molecule has 1 aliphatic rings. The van der Waals surface area contributed by atoms with E-state index in [4.69, 9.17) is 10.00 Å². The minimum atomic E-state index is -0.469. The van der Waals surface area contributed by atoms with Gasteiger partial charge in [-0.3, -0.25) is 0 Å². The van der Waals surface area contributed by atoms with E-state index in [1.165, 1.54) is 0 Å². The number of nitriles is 1. The third kappa shape index (κ3) is 5.08. The Bertz CT molecular complexity index is 302.